The first-order valence-electron chi connectivity index (χ1n) is 5.79. The van der Waals surface area contributed by atoms with Crippen LogP contribution < -0.4 is 10.0 Å². The highest BCUT2D eigenvalue weighted by Crippen LogP contribution is 2.17. The van der Waals surface area contributed by atoms with Gasteiger partial charge in [-0.2, -0.15) is 5.10 Å². The lowest BCUT2D eigenvalue weighted by Crippen LogP contribution is -2.13. The van der Waals surface area contributed by atoms with Gasteiger partial charge in [-0.25, -0.2) is 8.42 Å². The normalized spacial score (nSPS) is 11.5. The second kappa shape index (κ2) is 5.41. The molecule has 0 bridgehead atoms. The van der Waals surface area contributed by atoms with Crippen LogP contribution in [0.15, 0.2) is 35.4 Å². The van der Waals surface area contributed by atoms with Gasteiger partial charge < -0.3 is 5.32 Å². The Balaban J connectivity index is 2.19. The molecule has 0 aliphatic rings. The van der Waals surface area contributed by atoms with Crippen LogP contribution in [-0.2, 0) is 16.6 Å². The predicted octanol–water partition coefficient (Wildman–Crippen LogP) is 1.24. The van der Waals surface area contributed by atoms with Crippen molar-refractivity contribution < 1.29 is 8.42 Å². The van der Waals surface area contributed by atoms with Gasteiger partial charge in [0.25, 0.3) is 10.0 Å². The second-order valence-electron chi connectivity index (χ2n) is 4.19. The van der Waals surface area contributed by atoms with E-state index < -0.39 is 10.0 Å². The molecule has 0 radical (unpaired) electrons. The largest absolute Gasteiger partial charge is 0.316 e. The van der Waals surface area contributed by atoms with E-state index in [4.69, 9.17) is 0 Å². The first kappa shape index (κ1) is 13.6. The van der Waals surface area contributed by atoms with Gasteiger partial charge in [0.05, 0.1) is 11.9 Å². The summed E-state index contributed by atoms with van der Waals surface area (Å²) in [5.74, 6) is 0. The first-order valence-corrected chi connectivity index (χ1v) is 7.27. The quantitative estimate of drug-likeness (QED) is 0.769. The standard InChI is InChI=1S/C12H16N4O2S/c1-9-12(8-14-15-9)19(17,18)16-11-5-3-10(4-6-11)7-13-2/h3-6,8,13,16H,7H2,1-2H3,(H,14,15). The molecule has 6 nitrogen and oxygen atoms in total. The summed E-state index contributed by atoms with van der Waals surface area (Å²) < 4.78 is 26.7. The van der Waals surface area contributed by atoms with Crippen molar-refractivity contribution in [3.05, 3.63) is 41.7 Å². The van der Waals surface area contributed by atoms with Gasteiger partial charge in [0.2, 0.25) is 0 Å². The molecule has 102 valence electrons. The van der Waals surface area contributed by atoms with Crippen LogP contribution in [0.1, 0.15) is 11.3 Å². The van der Waals surface area contributed by atoms with Gasteiger partial charge in [-0.1, -0.05) is 12.1 Å². The molecule has 1 aromatic carbocycles. The maximum Gasteiger partial charge on any atom is 0.265 e. The maximum absolute atomic E-state index is 12.1. The summed E-state index contributed by atoms with van der Waals surface area (Å²) in [5, 5.41) is 9.36. The number of hydrogen-bond acceptors (Lipinski definition) is 4. The van der Waals surface area contributed by atoms with Crippen molar-refractivity contribution in [2.45, 2.75) is 18.4 Å². The van der Waals surface area contributed by atoms with Gasteiger partial charge in [0.1, 0.15) is 4.90 Å². The third-order valence-corrected chi connectivity index (χ3v) is 4.16. The van der Waals surface area contributed by atoms with Gasteiger partial charge in [-0.05, 0) is 31.7 Å². The van der Waals surface area contributed by atoms with Crippen molar-refractivity contribution in [2.24, 2.45) is 0 Å². The van der Waals surface area contributed by atoms with Gasteiger partial charge >= 0.3 is 0 Å². The molecule has 0 saturated heterocycles. The summed E-state index contributed by atoms with van der Waals surface area (Å²) in [6.07, 6.45) is 1.30. The Hall–Kier alpha value is -1.86. The number of H-pyrrole nitrogens is 1. The van der Waals surface area contributed by atoms with Crippen molar-refractivity contribution in [3.8, 4) is 0 Å². The molecular weight excluding hydrogens is 264 g/mol. The fourth-order valence-corrected chi connectivity index (χ4v) is 2.91. The van der Waals surface area contributed by atoms with E-state index in [9.17, 15) is 8.42 Å². The molecule has 7 heteroatoms. The Morgan fingerprint density at radius 3 is 2.47 bits per heavy atom. The van der Waals surface area contributed by atoms with Gasteiger partial charge in [-0.3, -0.25) is 9.82 Å². The van der Waals surface area contributed by atoms with Gasteiger partial charge in [0.15, 0.2) is 0 Å². The smallest absolute Gasteiger partial charge is 0.265 e. The van der Waals surface area contributed by atoms with Crippen molar-refractivity contribution >= 4 is 15.7 Å². The van der Waals surface area contributed by atoms with Crippen LogP contribution in [0.5, 0.6) is 0 Å². The lowest BCUT2D eigenvalue weighted by atomic mass is 10.2. The molecule has 0 saturated carbocycles. The van der Waals surface area contributed by atoms with E-state index in [0.717, 1.165) is 12.1 Å². The first-order chi connectivity index (χ1) is 9.03. The summed E-state index contributed by atoms with van der Waals surface area (Å²) in [4.78, 5) is 0.159. The molecule has 0 unspecified atom stereocenters. The lowest BCUT2D eigenvalue weighted by Gasteiger charge is -2.08. The van der Waals surface area contributed by atoms with Crippen molar-refractivity contribution in [1.29, 1.82) is 0 Å². The Morgan fingerprint density at radius 2 is 1.95 bits per heavy atom. The molecule has 0 fully saturated rings. The highest BCUT2D eigenvalue weighted by molar-refractivity contribution is 7.92. The van der Waals surface area contributed by atoms with Gasteiger partial charge in [-0.15, -0.1) is 0 Å². The zero-order chi connectivity index (χ0) is 13.9. The number of benzene rings is 1. The van der Waals surface area contributed by atoms with E-state index in [-0.39, 0.29) is 4.90 Å². The molecular formula is C12H16N4O2S. The van der Waals surface area contributed by atoms with E-state index in [0.29, 0.717) is 11.4 Å². The molecule has 1 aromatic heterocycles. The summed E-state index contributed by atoms with van der Waals surface area (Å²) in [6, 6.07) is 7.21. The van der Waals surface area contributed by atoms with Crippen LogP contribution in [0.25, 0.3) is 0 Å². The number of nitrogens with zero attached hydrogens (tertiary/aromatic N) is 1. The number of aromatic amines is 1. The molecule has 0 amide bonds. The minimum absolute atomic E-state index is 0.159. The Labute approximate surface area is 112 Å². The van der Waals surface area contributed by atoms with Crippen LogP contribution in [-0.4, -0.2) is 25.7 Å². The zero-order valence-electron chi connectivity index (χ0n) is 10.8. The fraction of sp³-hybridized carbons (Fsp3) is 0.250. The fourth-order valence-electron chi connectivity index (χ4n) is 1.72. The topological polar surface area (TPSA) is 86.9 Å². The van der Waals surface area contributed by atoms with Crippen LogP contribution >= 0.6 is 0 Å². The van der Waals surface area contributed by atoms with Crippen LogP contribution in [0, 0.1) is 6.92 Å². The van der Waals surface area contributed by atoms with Crippen molar-refractivity contribution in [3.63, 3.8) is 0 Å². The minimum Gasteiger partial charge on any atom is -0.316 e. The van der Waals surface area contributed by atoms with E-state index in [1.807, 2.05) is 19.2 Å². The summed E-state index contributed by atoms with van der Waals surface area (Å²) in [7, 11) is -1.73. The van der Waals surface area contributed by atoms with Crippen LogP contribution in [0.4, 0.5) is 5.69 Å². The third kappa shape index (κ3) is 3.12. The maximum atomic E-state index is 12.1. The van der Waals surface area contributed by atoms with E-state index in [1.54, 1.807) is 19.1 Å². The second-order valence-corrected chi connectivity index (χ2v) is 5.84. The molecule has 1 heterocycles. The number of nitrogens with one attached hydrogen (secondary N) is 3. The number of anilines is 1. The summed E-state index contributed by atoms with van der Waals surface area (Å²) in [5.41, 5.74) is 2.13. The molecule has 2 rings (SSSR count). The average molecular weight is 280 g/mol. The van der Waals surface area contributed by atoms with E-state index in [1.165, 1.54) is 6.20 Å². The number of rotatable bonds is 5. The van der Waals surface area contributed by atoms with Crippen molar-refractivity contribution in [2.75, 3.05) is 11.8 Å². The Bertz CT molecular complexity index is 647. The average Bonchev–Trinajstić information content (AvgIpc) is 2.79. The van der Waals surface area contributed by atoms with Crippen LogP contribution in [0.2, 0.25) is 0 Å². The molecule has 19 heavy (non-hydrogen) atoms. The van der Waals surface area contributed by atoms with Gasteiger partial charge in [0, 0.05) is 12.2 Å². The van der Waals surface area contributed by atoms with E-state index in [2.05, 4.69) is 20.2 Å². The molecule has 0 aliphatic heterocycles. The predicted molar refractivity (Wildman–Crippen MR) is 73.3 cm³/mol. The van der Waals surface area contributed by atoms with Crippen molar-refractivity contribution in [1.82, 2.24) is 15.5 Å². The molecule has 0 aliphatic carbocycles. The Kier molecular flexibility index (Phi) is 3.87. The monoisotopic (exact) mass is 280 g/mol. The molecule has 2 aromatic rings. The molecule has 0 atom stereocenters. The van der Waals surface area contributed by atoms with E-state index >= 15 is 0 Å². The minimum atomic E-state index is -3.59. The number of hydrogen-bond donors (Lipinski definition) is 3. The number of aryl methyl sites for hydroxylation is 1. The third-order valence-electron chi connectivity index (χ3n) is 2.66. The number of aromatic nitrogens is 2. The summed E-state index contributed by atoms with van der Waals surface area (Å²) >= 11 is 0. The molecule has 0 spiro atoms. The highest BCUT2D eigenvalue weighted by Gasteiger charge is 2.18. The van der Waals surface area contributed by atoms with Crippen LogP contribution in [0.3, 0.4) is 0 Å². The molecule has 3 N–H and O–H groups in total. The Morgan fingerprint density at radius 1 is 1.26 bits per heavy atom. The lowest BCUT2D eigenvalue weighted by molar-refractivity contribution is 0.600. The zero-order valence-corrected chi connectivity index (χ0v) is 11.6. The highest BCUT2D eigenvalue weighted by atomic mass is 32.2. The summed E-state index contributed by atoms with van der Waals surface area (Å²) in [6.45, 7) is 2.41. The number of sulfonamides is 1. The SMILES string of the molecule is CNCc1ccc(NS(=O)(=O)c2cn[nH]c2C)cc1.